The molecule has 1 aliphatic carbocycles. The van der Waals surface area contributed by atoms with Crippen LogP contribution in [0.3, 0.4) is 0 Å². The van der Waals surface area contributed by atoms with Crippen LogP contribution in [0.5, 0.6) is 17.2 Å². The van der Waals surface area contributed by atoms with Crippen LogP contribution < -0.4 is 14.2 Å². The first-order valence-corrected chi connectivity index (χ1v) is 11.3. The molecule has 6 heteroatoms. The predicted molar refractivity (Wildman–Crippen MR) is 130 cm³/mol. The highest BCUT2D eigenvalue weighted by Gasteiger charge is 2.36. The second-order valence-corrected chi connectivity index (χ2v) is 8.85. The summed E-state index contributed by atoms with van der Waals surface area (Å²) in [5.41, 5.74) is 2.17. The molecule has 0 atom stereocenters. The van der Waals surface area contributed by atoms with Crippen molar-refractivity contribution >= 4 is 17.2 Å². The van der Waals surface area contributed by atoms with Gasteiger partial charge in [-0.1, -0.05) is 26.0 Å². The lowest BCUT2D eigenvalue weighted by Crippen LogP contribution is -2.32. The largest absolute Gasteiger partial charge is 0.511 e. The number of ether oxygens (including phenoxy) is 3. The maximum atomic E-state index is 13.1. The molecule has 1 aliphatic rings. The molecule has 2 aromatic rings. The van der Waals surface area contributed by atoms with Crippen LogP contribution in [0.15, 0.2) is 58.8 Å². The van der Waals surface area contributed by atoms with Crippen molar-refractivity contribution in [2.24, 2.45) is 10.4 Å². The molecule has 0 heterocycles. The van der Waals surface area contributed by atoms with Crippen molar-refractivity contribution in [1.29, 1.82) is 0 Å². The Balaban J connectivity index is 2.00. The molecule has 0 amide bonds. The fraction of sp³-hybridized carbons (Fsp3) is 0.407. The van der Waals surface area contributed by atoms with Crippen LogP contribution in [-0.4, -0.2) is 36.9 Å². The number of nitrogens with zero attached hydrogens (tertiary/aromatic N) is 1. The number of benzene rings is 2. The standard InChI is InChI=1S/C27H33NO5/c1-6-32-24-12-11-18(14-25(24)33-7-2)13-22(29)26-21(16-27(3,4)17-23(26)30)28-19-9-8-10-20(15-19)31-5/h8-12,14-15,29H,6-7,13,16-17H2,1-5H3/b26-22+,28-21?. The minimum absolute atomic E-state index is 0.0174. The summed E-state index contributed by atoms with van der Waals surface area (Å²) in [6.45, 7) is 8.94. The number of methoxy groups -OCH3 is 1. The van der Waals surface area contributed by atoms with Crippen LogP contribution in [0.2, 0.25) is 0 Å². The zero-order valence-electron chi connectivity index (χ0n) is 20.1. The first-order valence-electron chi connectivity index (χ1n) is 11.3. The van der Waals surface area contributed by atoms with Gasteiger partial charge in [0, 0.05) is 18.9 Å². The molecule has 0 unspecified atom stereocenters. The Hall–Kier alpha value is -3.28. The topological polar surface area (TPSA) is 77.4 Å². The van der Waals surface area contributed by atoms with Crippen LogP contribution >= 0.6 is 0 Å². The van der Waals surface area contributed by atoms with Crippen molar-refractivity contribution < 1.29 is 24.1 Å². The van der Waals surface area contributed by atoms with E-state index in [4.69, 9.17) is 19.2 Å². The number of allylic oxidation sites excluding steroid dienone is 2. The lowest BCUT2D eigenvalue weighted by Gasteiger charge is -2.31. The molecular formula is C27H33NO5. The summed E-state index contributed by atoms with van der Waals surface area (Å²) in [6.07, 6.45) is 1.14. The van der Waals surface area contributed by atoms with Gasteiger partial charge in [0.25, 0.3) is 0 Å². The van der Waals surface area contributed by atoms with E-state index < -0.39 is 0 Å². The summed E-state index contributed by atoms with van der Waals surface area (Å²) < 4.78 is 16.6. The van der Waals surface area contributed by atoms with Crippen molar-refractivity contribution in [3.63, 3.8) is 0 Å². The highest BCUT2D eigenvalue weighted by Crippen LogP contribution is 2.37. The number of aliphatic hydroxyl groups is 1. The van der Waals surface area contributed by atoms with E-state index >= 15 is 0 Å². The minimum Gasteiger partial charge on any atom is -0.511 e. The van der Waals surface area contributed by atoms with Gasteiger partial charge in [0.2, 0.25) is 0 Å². The number of aliphatic hydroxyl groups excluding tert-OH is 1. The lowest BCUT2D eigenvalue weighted by molar-refractivity contribution is -0.117. The molecule has 1 fully saturated rings. The van der Waals surface area contributed by atoms with Crippen molar-refractivity contribution in [2.45, 2.75) is 47.0 Å². The molecule has 1 N–H and O–H groups in total. The summed E-state index contributed by atoms with van der Waals surface area (Å²) in [5.74, 6) is 1.89. The first-order chi connectivity index (χ1) is 15.8. The first kappa shape index (κ1) is 24.4. The molecule has 1 saturated carbocycles. The van der Waals surface area contributed by atoms with E-state index in [1.165, 1.54) is 0 Å². The fourth-order valence-electron chi connectivity index (χ4n) is 4.03. The van der Waals surface area contributed by atoms with E-state index in [-0.39, 0.29) is 23.4 Å². The molecule has 0 aromatic heterocycles. The van der Waals surface area contributed by atoms with E-state index in [2.05, 4.69) is 0 Å². The molecule has 0 saturated heterocycles. The molecule has 33 heavy (non-hydrogen) atoms. The van der Waals surface area contributed by atoms with E-state index in [0.29, 0.717) is 60.3 Å². The van der Waals surface area contributed by atoms with E-state index in [1.807, 2.05) is 70.2 Å². The number of hydrogen-bond acceptors (Lipinski definition) is 6. The highest BCUT2D eigenvalue weighted by molar-refractivity contribution is 6.25. The van der Waals surface area contributed by atoms with Crippen LogP contribution in [0.4, 0.5) is 5.69 Å². The molecule has 3 rings (SSSR count). The van der Waals surface area contributed by atoms with Crippen molar-refractivity contribution in [3.8, 4) is 17.2 Å². The third-order valence-corrected chi connectivity index (χ3v) is 5.44. The molecule has 0 aliphatic heterocycles. The van der Waals surface area contributed by atoms with Crippen molar-refractivity contribution in [2.75, 3.05) is 20.3 Å². The Morgan fingerprint density at radius 2 is 1.76 bits per heavy atom. The summed E-state index contributed by atoms with van der Waals surface area (Å²) in [4.78, 5) is 17.9. The lowest BCUT2D eigenvalue weighted by atomic mass is 9.73. The predicted octanol–water partition coefficient (Wildman–Crippen LogP) is 6.01. The van der Waals surface area contributed by atoms with Crippen LogP contribution in [-0.2, 0) is 11.2 Å². The second-order valence-electron chi connectivity index (χ2n) is 8.85. The van der Waals surface area contributed by atoms with Gasteiger partial charge in [-0.05, 0) is 55.5 Å². The molecule has 6 nitrogen and oxygen atoms in total. The third kappa shape index (κ3) is 6.15. The number of hydrogen-bond donors (Lipinski definition) is 1. The van der Waals surface area contributed by atoms with Crippen LogP contribution in [0, 0.1) is 5.41 Å². The minimum atomic E-state index is -0.236. The quantitative estimate of drug-likeness (QED) is 0.393. The molecule has 0 spiro atoms. The molecule has 176 valence electrons. The highest BCUT2D eigenvalue weighted by atomic mass is 16.5. The van der Waals surface area contributed by atoms with E-state index in [9.17, 15) is 9.90 Å². The SMILES string of the molecule is CCOc1ccc(C/C(O)=C2\C(=O)CC(C)(C)CC2=Nc2cccc(OC)c2)cc1OCC. The number of ketones is 1. The van der Waals surface area contributed by atoms with Gasteiger partial charge in [-0.15, -0.1) is 0 Å². The van der Waals surface area contributed by atoms with Gasteiger partial charge in [0.1, 0.15) is 11.5 Å². The van der Waals surface area contributed by atoms with Crippen molar-refractivity contribution in [3.05, 3.63) is 59.4 Å². The summed E-state index contributed by atoms with van der Waals surface area (Å²) in [7, 11) is 1.60. The smallest absolute Gasteiger partial charge is 0.168 e. The zero-order valence-corrected chi connectivity index (χ0v) is 20.1. The average Bonchev–Trinajstić information content (AvgIpc) is 2.75. The van der Waals surface area contributed by atoms with Gasteiger partial charge in [-0.2, -0.15) is 0 Å². The van der Waals surface area contributed by atoms with Gasteiger partial charge in [0.15, 0.2) is 17.3 Å². The third-order valence-electron chi connectivity index (χ3n) is 5.44. The Kier molecular flexibility index (Phi) is 7.79. The van der Waals surface area contributed by atoms with Gasteiger partial charge in [-0.3, -0.25) is 9.79 Å². The summed E-state index contributed by atoms with van der Waals surface area (Å²) >= 11 is 0. The van der Waals surface area contributed by atoms with Crippen LogP contribution in [0.1, 0.15) is 46.1 Å². The Morgan fingerprint density at radius 1 is 1.03 bits per heavy atom. The number of rotatable bonds is 8. The number of carbonyl (C=O) groups is 1. The van der Waals surface area contributed by atoms with Gasteiger partial charge in [-0.25, -0.2) is 0 Å². The van der Waals surface area contributed by atoms with Gasteiger partial charge in [0.05, 0.1) is 37.3 Å². The maximum absolute atomic E-state index is 13.1. The second kappa shape index (κ2) is 10.6. The van der Waals surface area contributed by atoms with Gasteiger partial charge >= 0.3 is 0 Å². The Labute approximate surface area is 195 Å². The Morgan fingerprint density at radius 3 is 2.45 bits per heavy atom. The monoisotopic (exact) mass is 451 g/mol. The number of aliphatic imine (C=N–C) groups is 1. The summed E-state index contributed by atoms with van der Waals surface area (Å²) in [5, 5.41) is 11.1. The normalized spacial score (nSPS) is 18.2. The molecule has 2 aromatic carbocycles. The molecular weight excluding hydrogens is 418 g/mol. The molecule has 0 bridgehead atoms. The van der Waals surface area contributed by atoms with E-state index in [0.717, 1.165) is 5.56 Å². The Bertz CT molecular complexity index is 1070. The zero-order chi connectivity index (χ0) is 24.0. The number of carbonyl (C=O) groups excluding carboxylic acids is 1. The van der Waals surface area contributed by atoms with E-state index in [1.54, 1.807) is 7.11 Å². The van der Waals surface area contributed by atoms with Crippen LogP contribution in [0.25, 0.3) is 0 Å². The maximum Gasteiger partial charge on any atom is 0.168 e. The average molecular weight is 452 g/mol. The number of Topliss-reactive ketones (excluding diaryl/α,β-unsaturated/α-hetero) is 1. The van der Waals surface area contributed by atoms with Gasteiger partial charge < -0.3 is 19.3 Å². The summed E-state index contributed by atoms with van der Waals surface area (Å²) in [6, 6.07) is 12.9. The van der Waals surface area contributed by atoms with Crippen molar-refractivity contribution in [1.82, 2.24) is 0 Å². The fourth-order valence-corrected chi connectivity index (χ4v) is 4.03. The molecule has 0 radical (unpaired) electrons.